The minimum Gasteiger partial charge on any atom is -0.489 e. The number of hydrogen-bond donors (Lipinski definition) is 1. The Labute approximate surface area is 357 Å². The molecule has 0 aliphatic heterocycles. The lowest BCUT2D eigenvalue weighted by Gasteiger charge is -2.14. The van der Waals surface area contributed by atoms with Gasteiger partial charge in [-0.25, -0.2) is 4.79 Å². The number of aromatic nitrogens is 2. The number of benzene rings is 4. The van der Waals surface area contributed by atoms with Gasteiger partial charge in [-0.1, -0.05) is 62.6 Å². The lowest BCUT2D eigenvalue weighted by Crippen LogP contribution is -2.17. The molecule has 0 radical (unpaired) electrons. The van der Waals surface area contributed by atoms with Gasteiger partial charge < -0.3 is 32.8 Å². The minimum absolute atomic E-state index is 0.0411. The molecule has 0 bridgehead atoms. The van der Waals surface area contributed by atoms with E-state index in [1.54, 1.807) is 37.3 Å². The smallest absolute Gasteiger partial charge is 0.489 e. The van der Waals surface area contributed by atoms with Gasteiger partial charge in [0.05, 0.1) is 5.56 Å². The largest absolute Gasteiger partial charge is 0.573 e. The van der Waals surface area contributed by atoms with Crippen LogP contribution < -0.4 is 14.2 Å². The zero-order valence-corrected chi connectivity index (χ0v) is 34.4. The van der Waals surface area contributed by atoms with Crippen molar-refractivity contribution in [3.63, 3.8) is 0 Å². The molecule has 0 spiro atoms. The molecule has 4 aromatic carbocycles. The van der Waals surface area contributed by atoms with Gasteiger partial charge in [0, 0.05) is 39.2 Å². The average Bonchev–Trinajstić information content (AvgIpc) is 4.13. The second-order valence-electron chi connectivity index (χ2n) is 14.8. The quantitative estimate of drug-likeness (QED) is 0.0933. The van der Waals surface area contributed by atoms with Crippen LogP contribution in [0.3, 0.4) is 0 Å². The molecule has 9 rings (SSSR count). The van der Waals surface area contributed by atoms with Crippen molar-refractivity contribution >= 4 is 32.9 Å². The number of hydrogen-bond acceptors (Lipinski definition) is 9. The fourth-order valence-corrected chi connectivity index (χ4v) is 7.82. The summed E-state index contributed by atoms with van der Waals surface area (Å²) in [7, 11) is 0. The summed E-state index contributed by atoms with van der Waals surface area (Å²) < 4.78 is 108. The topological polar surface area (TPSA) is 130 Å². The van der Waals surface area contributed by atoms with Crippen LogP contribution >= 0.6 is 15.9 Å². The molecule has 322 valence electrons. The molecule has 10 nitrogen and oxygen atoms in total. The van der Waals surface area contributed by atoms with Crippen LogP contribution in [-0.2, 0) is 11.9 Å². The Morgan fingerprint density at radius 3 is 1.81 bits per heavy atom. The molecule has 2 aliphatic rings. The summed E-state index contributed by atoms with van der Waals surface area (Å²) in [6.07, 6.45) is -5.74. The molecular formula is C45H35BrF6N2O8. The van der Waals surface area contributed by atoms with E-state index in [4.69, 9.17) is 18.2 Å². The molecule has 17 heteroatoms. The van der Waals surface area contributed by atoms with E-state index in [0.29, 0.717) is 50.7 Å². The lowest BCUT2D eigenvalue weighted by atomic mass is 9.99. The van der Waals surface area contributed by atoms with Crippen molar-refractivity contribution < 1.29 is 63.9 Å². The zero-order valence-electron chi connectivity index (χ0n) is 32.8. The number of ether oxygens (including phenoxy) is 3. The second-order valence-corrected chi connectivity index (χ2v) is 15.4. The molecule has 3 aromatic heterocycles. The predicted molar refractivity (Wildman–Crippen MR) is 216 cm³/mol. The number of fused-ring (bicyclic) bond motifs is 1. The average molecular weight is 926 g/mol. The maximum absolute atomic E-state index is 13.1. The second kappa shape index (κ2) is 16.9. The van der Waals surface area contributed by atoms with Gasteiger partial charge in [0.1, 0.15) is 63.7 Å². The summed E-state index contributed by atoms with van der Waals surface area (Å²) in [5.74, 6) is 1.06. The Hall–Kier alpha value is -6.23. The van der Waals surface area contributed by atoms with E-state index in [1.807, 2.05) is 31.2 Å². The fraction of sp³-hybridized carbons (Fsp3) is 0.267. The highest BCUT2D eigenvalue weighted by Gasteiger charge is 2.37. The Balaban J connectivity index is 0.000000211. The number of furan rings is 1. The van der Waals surface area contributed by atoms with Gasteiger partial charge in [0.2, 0.25) is 0 Å². The number of carbonyl (C=O) groups is 1. The van der Waals surface area contributed by atoms with Crippen molar-refractivity contribution in [1.29, 1.82) is 0 Å². The third-order valence-electron chi connectivity index (χ3n) is 10.4. The van der Waals surface area contributed by atoms with Gasteiger partial charge in [-0.2, -0.15) is 0 Å². The molecule has 2 fully saturated rings. The monoisotopic (exact) mass is 924 g/mol. The molecule has 7 aromatic rings. The summed E-state index contributed by atoms with van der Waals surface area (Å²) in [4.78, 5) is 11.6. The van der Waals surface area contributed by atoms with Crippen LogP contribution in [0.15, 0.2) is 98.4 Å². The van der Waals surface area contributed by atoms with Crippen molar-refractivity contribution in [1.82, 2.24) is 10.3 Å². The molecule has 1 N–H and O–H groups in total. The van der Waals surface area contributed by atoms with Gasteiger partial charge in [0.25, 0.3) is 0 Å². The number of halogens is 7. The molecule has 0 unspecified atom stereocenters. The van der Waals surface area contributed by atoms with Gasteiger partial charge in [-0.15, -0.1) is 26.3 Å². The van der Waals surface area contributed by atoms with Crippen LogP contribution in [0.2, 0.25) is 0 Å². The summed E-state index contributed by atoms with van der Waals surface area (Å²) in [5.41, 5.74) is 5.77. The molecule has 0 amide bonds. The number of aromatic carboxylic acids is 1. The van der Waals surface area contributed by atoms with Crippen molar-refractivity contribution in [2.24, 2.45) is 0 Å². The Morgan fingerprint density at radius 1 is 0.742 bits per heavy atom. The molecule has 0 atom stereocenters. The van der Waals surface area contributed by atoms with Gasteiger partial charge in [-0.3, -0.25) is 0 Å². The zero-order chi connectivity index (χ0) is 43.9. The predicted octanol–water partition coefficient (Wildman–Crippen LogP) is 13.4. The summed E-state index contributed by atoms with van der Waals surface area (Å²) in [6.45, 7) is 3.59. The van der Waals surface area contributed by atoms with Crippen molar-refractivity contribution in [3.8, 4) is 50.9 Å². The SMILES string of the molecule is Cc1cc(OCc2c(-c3ccccc3OC(F)(F)F)noc2C2CC2)ccc1-c1ccc2c(C(=O)O)c(C)oc2c1.FC(F)(F)Oc1ccccc1-c1noc(C2CC2)c1CBr. The number of rotatable bonds is 12. The summed E-state index contributed by atoms with van der Waals surface area (Å²) in [6, 6.07) is 22.7. The van der Waals surface area contributed by atoms with E-state index < -0.39 is 18.7 Å². The van der Waals surface area contributed by atoms with Crippen LogP contribution in [0.5, 0.6) is 17.2 Å². The third kappa shape index (κ3) is 9.32. The normalized spacial score (nSPS) is 14.1. The van der Waals surface area contributed by atoms with Gasteiger partial charge in [-0.05, 0) is 105 Å². The fourth-order valence-electron chi connectivity index (χ4n) is 7.28. The van der Waals surface area contributed by atoms with E-state index in [0.717, 1.165) is 53.7 Å². The molecule has 2 aliphatic carbocycles. The molecule has 0 saturated heterocycles. The van der Waals surface area contributed by atoms with E-state index in [9.17, 15) is 36.2 Å². The number of alkyl halides is 7. The highest BCUT2D eigenvalue weighted by Crippen LogP contribution is 2.47. The van der Waals surface area contributed by atoms with E-state index in [-0.39, 0.29) is 46.4 Å². The van der Waals surface area contributed by atoms with Crippen molar-refractivity contribution in [3.05, 3.63) is 124 Å². The maximum atomic E-state index is 13.1. The summed E-state index contributed by atoms with van der Waals surface area (Å²) in [5, 5.41) is 18.6. The van der Waals surface area contributed by atoms with Gasteiger partial charge >= 0.3 is 18.7 Å². The first-order chi connectivity index (χ1) is 29.6. The van der Waals surface area contributed by atoms with Crippen LogP contribution in [0.1, 0.15) is 81.8 Å². The first kappa shape index (κ1) is 42.5. The van der Waals surface area contributed by atoms with Crippen molar-refractivity contribution in [2.75, 3.05) is 0 Å². The van der Waals surface area contributed by atoms with Crippen LogP contribution in [0.25, 0.3) is 44.6 Å². The number of carboxylic acids is 1. The molecule has 62 heavy (non-hydrogen) atoms. The number of carboxylic acid groups (broad SMARTS) is 1. The van der Waals surface area contributed by atoms with Crippen LogP contribution in [-0.4, -0.2) is 34.1 Å². The van der Waals surface area contributed by atoms with E-state index in [1.165, 1.54) is 30.3 Å². The van der Waals surface area contributed by atoms with Crippen molar-refractivity contribution in [2.45, 2.75) is 76.0 Å². The van der Waals surface area contributed by atoms with Gasteiger partial charge in [0.15, 0.2) is 0 Å². The molecule has 2 saturated carbocycles. The highest BCUT2D eigenvalue weighted by molar-refractivity contribution is 9.08. The van der Waals surface area contributed by atoms with E-state index in [2.05, 4.69) is 35.7 Å². The number of para-hydroxylation sites is 2. The maximum Gasteiger partial charge on any atom is 0.573 e. The highest BCUT2D eigenvalue weighted by atomic mass is 79.9. The summed E-state index contributed by atoms with van der Waals surface area (Å²) >= 11 is 3.35. The first-order valence-electron chi connectivity index (χ1n) is 19.3. The lowest BCUT2D eigenvalue weighted by molar-refractivity contribution is -0.275. The Kier molecular flexibility index (Phi) is 11.6. The van der Waals surface area contributed by atoms with Crippen LogP contribution in [0, 0.1) is 13.8 Å². The Morgan fingerprint density at radius 2 is 1.29 bits per heavy atom. The number of nitrogens with zero attached hydrogens (tertiary/aromatic N) is 2. The first-order valence-corrected chi connectivity index (χ1v) is 20.4. The van der Waals surface area contributed by atoms with E-state index >= 15 is 0 Å². The minimum atomic E-state index is -4.85. The number of aryl methyl sites for hydroxylation is 2. The van der Waals surface area contributed by atoms with Crippen LogP contribution in [0.4, 0.5) is 26.3 Å². The standard InChI is InChI=1S/C31H24F3NO6.C14H11BrF3NO2/c1-16-13-20(10-12-21(16)19-9-11-22-26(14-19)39-17(2)27(22)30(36)37)38-15-24-28(35-41-29(24)18-7-8-18)23-5-3-4-6-25(23)40-31(32,33)34;15-7-10-12(19-21-13(10)8-5-6-8)9-3-1-2-4-11(9)20-14(16,17)18/h3-6,9-14,18H,7-8,15H2,1-2H3,(H,36,37);1-4,8H,5-7H2. The third-order valence-corrected chi connectivity index (χ3v) is 10.9. The molecule has 3 heterocycles. The Bertz CT molecular complexity index is 2770. The molecular weight excluding hydrogens is 890 g/mol.